The standard InChI is InChI=1S/C14H18BrN3OS/c15-13-7-2-1-5-11(13)9-19-8-4-3-6-12-10-20-14(16)18-17-12/h1-2,5,7H,3-4,6,8-10H2,(H2,16,18). The van der Waals surface area contributed by atoms with Crippen LogP contribution in [0.4, 0.5) is 0 Å². The minimum atomic E-state index is 0.561. The number of hydrogen-bond acceptors (Lipinski definition) is 5. The molecule has 0 atom stereocenters. The zero-order valence-electron chi connectivity index (χ0n) is 11.2. The number of rotatable bonds is 7. The van der Waals surface area contributed by atoms with E-state index >= 15 is 0 Å². The monoisotopic (exact) mass is 355 g/mol. The molecule has 2 N–H and O–H groups in total. The highest BCUT2D eigenvalue weighted by Gasteiger charge is 2.07. The van der Waals surface area contributed by atoms with Crippen LogP contribution in [0.3, 0.4) is 0 Å². The Labute approximate surface area is 132 Å². The number of benzene rings is 1. The molecule has 0 saturated carbocycles. The average Bonchev–Trinajstić information content (AvgIpc) is 2.46. The summed E-state index contributed by atoms with van der Waals surface area (Å²) in [5, 5.41) is 8.54. The van der Waals surface area contributed by atoms with Crippen LogP contribution in [0.5, 0.6) is 0 Å². The van der Waals surface area contributed by atoms with E-state index in [1.807, 2.05) is 18.2 Å². The summed E-state index contributed by atoms with van der Waals surface area (Å²) < 4.78 is 6.79. The van der Waals surface area contributed by atoms with Gasteiger partial charge in [0.05, 0.1) is 12.3 Å². The van der Waals surface area contributed by atoms with E-state index in [4.69, 9.17) is 10.5 Å². The van der Waals surface area contributed by atoms with Crippen LogP contribution in [0.25, 0.3) is 0 Å². The normalized spacial score (nSPS) is 14.8. The van der Waals surface area contributed by atoms with E-state index in [0.717, 1.165) is 41.8 Å². The fourth-order valence-electron chi connectivity index (χ4n) is 1.79. The number of nitrogens with two attached hydrogens (primary N) is 1. The summed E-state index contributed by atoms with van der Waals surface area (Å²) in [7, 11) is 0. The van der Waals surface area contributed by atoms with Gasteiger partial charge in [-0.1, -0.05) is 45.9 Å². The van der Waals surface area contributed by atoms with Crippen molar-refractivity contribution in [1.29, 1.82) is 0 Å². The van der Waals surface area contributed by atoms with Crippen LogP contribution in [0.1, 0.15) is 24.8 Å². The lowest BCUT2D eigenvalue weighted by molar-refractivity contribution is 0.117. The van der Waals surface area contributed by atoms with E-state index in [2.05, 4.69) is 32.2 Å². The second kappa shape index (κ2) is 8.44. The molecule has 0 saturated heterocycles. The van der Waals surface area contributed by atoms with Gasteiger partial charge in [0, 0.05) is 16.8 Å². The number of hydrogen-bond donors (Lipinski definition) is 1. The lowest BCUT2D eigenvalue weighted by Gasteiger charge is -2.09. The summed E-state index contributed by atoms with van der Waals surface area (Å²) in [6.07, 6.45) is 3.08. The SMILES string of the molecule is NC1=NN=C(CCCCOCc2ccccc2Br)CS1. The lowest BCUT2D eigenvalue weighted by Crippen LogP contribution is -2.15. The zero-order chi connectivity index (χ0) is 14.2. The fraction of sp³-hybridized carbons (Fsp3) is 0.429. The molecular weight excluding hydrogens is 338 g/mol. The molecule has 2 rings (SSSR count). The molecule has 0 bridgehead atoms. The predicted molar refractivity (Wildman–Crippen MR) is 89.2 cm³/mol. The first-order valence-corrected chi connectivity index (χ1v) is 8.36. The molecule has 0 amide bonds. The Bertz CT molecular complexity index is 505. The van der Waals surface area contributed by atoms with Crippen molar-refractivity contribution in [3.05, 3.63) is 34.3 Å². The molecule has 0 fully saturated rings. The first-order valence-electron chi connectivity index (χ1n) is 6.58. The quantitative estimate of drug-likeness (QED) is 0.760. The van der Waals surface area contributed by atoms with Crippen molar-refractivity contribution in [3.8, 4) is 0 Å². The number of ether oxygens (including phenoxy) is 1. The number of nitrogens with zero attached hydrogens (tertiary/aromatic N) is 2. The Balaban J connectivity index is 1.57. The van der Waals surface area contributed by atoms with E-state index in [1.165, 1.54) is 5.56 Å². The van der Waals surface area contributed by atoms with Gasteiger partial charge in [-0.15, -0.1) is 5.10 Å². The van der Waals surface area contributed by atoms with Gasteiger partial charge in [0.25, 0.3) is 0 Å². The van der Waals surface area contributed by atoms with Gasteiger partial charge in [-0.25, -0.2) is 0 Å². The average molecular weight is 356 g/mol. The molecule has 0 unspecified atom stereocenters. The van der Waals surface area contributed by atoms with Crippen molar-refractivity contribution in [2.75, 3.05) is 12.4 Å². The van der Waals surface area contributed by atoms with Crippen molar-refractivity contribution < 1.29 is 4.74 Å². The molecule has 1 aliphatic rings. The summed E-state index contributed by atoms with van der Waals surface area (Å²) in [5.74, 6) is 0.868. The molecular formula is C14H18BrN3OS. The van der Waals surface area contributed by atoms with Crippen LogP contribution in [0.15, 0.2) is 38.9 Å². The molecule has 0 spiro atoms. The fourth-order valence-corrected chi connectivity index (χ4v) is 2.80. The first-order chi connectivity index (χ1) is 9.75. The maximum absolute atomic E-state index is 5.68. The van der Waals surface area contributed by atoms with Crippen molar-refractivity contribution in [2.45, 2.75) is 25.9 Å². The molecule has 20 heavy (non-hydrogen) atoms. The van der Waals surface area contributed by atoms with Crippen molar-refractivity contribution >= 4 is 38.6 Å². The van der Waals surface area contributed by atoms with E-state index < -0.39 is 0 Å². The van der Waals surface area contributed by atoms with Crippen molar-refractivity contribution in [3.63, 3.8) is 0 Å². The number of halogens is 1. The van der Waals surface area contributed by atoms with Crippen LogP contribution in [0, 0.1) is 0 Å². The van der Waals surface area contributed by atoms with Gasteiger partial charge in [-0.05, 0) is 30.9 Å². The smallest absolute Gasteiger partial charge is 0.180 e. The highest BCUT2D eigenvalue weighted by atomic mass is 79.9. The van der Waals surface area contributed by atoms with Crippen molar-refractivity contribution in [1.82, 2.24) is 0 Å². The van der Waals surface area contributed by atoms with Gasteiger partial charge in [0.2, 0.25) is 0 Å². The molecule has 6 heteroatoms. The predicted octanol–water partition coefficient (Wildman–Crippen LogP) is 3.55. The molecule has 1 heterocycles. The third kappa shape index (κ3) is 5.26. The van der Waals surface area contributed by atoms with Crippen LogP contribution in [-0.4, -0.2) is 23.2 Å². The maximum Gasteiger partial charge on any atom is 0.180 e. The van der Waals surface area contributed by atoms with Gasteiger partial charge in [0.1, 0.15) is 0 Å². The van der Waals surface area contributed by atoms with Gasteiger partial charge >= 0.3 is 0 Å². The van der Waals surface area contributed by atoms with Crippen LogP contribution in [-0.2, 0) is 11.3 Å². The molecule has 0 aromatic heterocycles. The summed E-state index contributed by atoms with van der Waals surface area (Å²) in [6, 6.07) is 8.13. The Hall–Kier alpha value is -0.850. The summed E-state index contributed by atoms with van der Waals surface area (Å²) in [5.41, 5.74) is 7.85. The molecule has 4 nitrogen and oxygen atoms in total. The number of unbranched alkanes of at least 4 members (excludes halogenated alkanes) is 1. The third-order valence-corrected chi connectivity index (χ3v) is 4.52. The highest BCUT2D eigenvalue weighted by Crippen LogP contribution is 2.17. The van der Waals surface area contributed by atoms with Crippen LogP contribution >= 0.6 is 27.7 Å². The number of amidine groups is 1. The molecule has 1 aromatic rings. The molecule has 108 valence electrons. The minimum absolute atomic E-state index is 0.561. The number of thioether (sulfide) groups is 1. The van der Waals surface area contributed by atoms with Crippen LogP contribution in [0.2, 0.25) is 0 Å². The maximum atomic E-state index is 5.68. The summed E-state index contributed by atoms with van der Waals surface area (Å²) >= 11 is 5.07. The molecule has 1 aliphatic heterocycles. The Morgan fingerprint density at radius 1 is 1.25 bits per heavy atom. The largest absolute Gasteiger partial charge is 0.377 e. The summed E-state index contributed by atoms with van der Waals surface area (Å²) in [6.45, 7) is 1.42. The second-order valence-electron chi connectivity index (χ2n) is 4.49. The van der Waals surface area contributed by atoms with Gasteiger partial charge in [-0.2, -0.15) is 5.10 Å². The van der Waals surface area contributed by atoms with Gasteiger partial charge in [0.15, 0.2) is 5.17 Å². The summed E-state index contributed by atoms with van der Waals surface area (Å²) in [4.78, 5) is 0. The molecule has 0 aliphatic carbocycles. The van der Waals surface area contributed by atoms with E-state index in [1.54, 1.807) is 11.8 Å². The Morgan fingerprint density at radius 2 is 2.10 bits per heavy atom. The third-order valence-electron chi connectivity index (χ3n) is 2.90. The van der Waals surface area contributed by atoms with E-state index in [0.29, 0.717) is 11.8 Å². The lowest BCUT2D eigenvalue weighted by atomic mass is 10.2. The Kier molecular flexibility index (Phi) is 6.56. The molecule has 1 aromatic carbocycles. The Morgan fingerprint density at radius 3 is 2.85 bits per heavy atom. The zero-order valence-corrected chi connectivity index (χ0v) is 13.6. The van der Waals surface area contributed by atoms with Gasteiger partial charge < -0.3 is 10.5 Å². The topological polar surface area (TPSA) is 60.0 Å². The van der Waals surface area contributed by atoms with Crippen LogP contribution < -0.4 is 5.73 Å². The van der Waals surface area contributed by atoms with E-state index in [9.17, 15) is 0 Å². The molecule has 0 radical (unpaired) electrons. The van der Waals surface area contributed by atoms with Crippen molar-refractivity contribution in [2.24, 2.45) is 15.9 Å². The highest BCUT2D eigenvalue weighted by molar-refractivity contribution is 9.10. The first kappa shape index (κ1) is 15.5. The van der Waals surface area contributed by atoms with E-state index in [-0.39, 0.29) is 0 Å². The second-order valence-corrected chi connectivity index (χ2v) is 6.34. The minimum Gasteiger partial charge on any atom is -0.377 e. The van der Waals surface area contributed by atoms with Gasteiger partial charge in [-0.3, -0.25) is 0 Å².